The van der Waals surface area contributed by atoms with Gasteiger partial charge in [-0.2, -0.15) is 32.2 Å². The third kappa shape index (κ3) is 9.64. The summed E-state index contributed by atoms with van der Waals surface area (Å²) in [6, 6.07) is 4.34. The maximum absolute atomic E-state index is 13.8. The van der Waals surface area contributed by atoms with Gasteiger partial charge in [-0.05, 0) is 80.5 Å². The fourth-order valence-electron chi connectivity index (χ4n) is 8.37. The van der Waals surface area contributed by atoms with E-state index in [1.54, 1.807) is 0 Å². The Morgan fingerprint density at radius 2 is 1.64 bits per heavy atom. The van der Waals surface area contributed by atoms with Gasteiger partial charge in [0.2, 0.25) is 5.91 Å². The molecule has 4 amide bonds. The van der Waals surface area contributed by atoms with Crippen molar-refractivity contribution in [2.24, 2.45) is 0 Å². The van der Waals surface area contributed by atoms with Gasteiger partial charge in [-0.1, -0.05) is 11.2 Å². The first-order valence-corrected chi connectivity index (χ1v) is 23.9. The number of hydrogen-bond donors (Lipinski definition) is 10. The number of carboxylic acids is 2. The number of nitrogen functional groups attached to an aromatic ring is 1. The number of carbonyl (C=O) groups excluding carboxylic acids is 4. The highest BCUT2D eigenvalue weighted by Gasteiger charge is 2.44. The lowest BCUT2D eigenvalue weighted by Gasteiger charge is -2.25. The number of aromatic carboxylic acids is 1. The number of nitrogens with zero attached hydrogens (tertiary/aromatic N) is 4. The molecule has 8 rings (SSSR count). The summed E-state index contributed by atoms with van der Waals surface area (Å²) >= 11 is 0. The smallest absolute Gasteiger partial charge is 0.336 e. The van der Waals surface area contributed by atoms with E-state index in [-0.39, 0.29) is 83.6 Å². The van der Waals surface area contributed by atoms with Gasteiger partial charge in [-0.3, -0.25) is 33.7 Å². The van der Waals surface area contributed by atoms with Gasteiger partial charge in [0.25, 0.3) is 38.0 Å². The summed E-state index contributed by atoms with van der Waals surface area (Å²) in [5, 5.41) is 48.9. The number of rotatable bonds is 17. The van der Waals surface area contributed by atoms with Crippen LogP contribution in [0.4, 0.5) is 5.69 Å². The Balaban J connectivity index is 0.968. The zero-order valence-corrected chi connectivity index (χ0v) is 37.7. The van der Waals surface area contributed by atoms with Crippen LogP contribution in [-0.2, 0) is 29.8 Å². The minimum Gasteiger partial charge on any atom is -0.480 e. The number of unbranched alkanes of at least 4 members (excludes halogenated alkanes) is 1. The molecular formula is C42H40N10O16S2. The van der Waals surface area contributed by atoms with Crippen LogP contribution in [0.3, 0.4) is 0 Å². The second-order valence-electron chi connectivity index (χ2n) is 16.4. The molecule has 2 aromatic carbocycles. The first-order chi connectivity index (χ1) is 33.1. The van der Waals surface area contributed by atoms with E-state index < -0.39 is 112 Å². The molecule has 1 saturated carbocycles. The maximum Gasteiger partial charge on any atom is 0.336 e. The molecule has 0 bridgehead atoms. The molecule has 366 valence electrons. The number of carboxylic acid groups (broad SMARTS) is 2. The van der Waals surface area contributed by atoms with E-state index in [1.165, 1.54) is 35.5 Å². The third-order valence-electron chi connectivity index (χ3n) is 11.7. The van der Waals surface area contributed by atoms with Crippen LogP contribution in [0.25, 0.3) is 33.4 Å². The highest BCUT2D eigenvalue weighted by Crippen LogP contribution is 2.46. The number of nitrogens with one attached hydrogen (secondary N) is 5. The van der Waals surface area contributed by atoms with E-state index in [0.717, 1.165) is 37.1 Å². The Kier molecular flexibility index (Phi) is 13.0. The van der Waals surface area contributed by atoms with Crippen molar-refractivity contribution in [2.75, 3.05) is 18.8 Å². The summed E-state index contributed by atoms with van der Waals surface area (Å²) in [6.07, 6.45) is 4.10. The van der Waals surface area contributed by atoms with Crippen LogP contribution in [0.15, 0.2) is 73.6 Å². The van der Waals surface area contributed by atoms with Crippen LogP contribution < -0.4 is 27.0 Å². The molecule has 4 heterocycles. The Morgan fingerprint density at radius 3 is 2.30 bits per heavy atom. The quantitative estimate of drug-likeness (QED) is 0.0268. The fourth-order valence-corrected chi connectivity index (χ4v) is 9.85. The SMILES string of the molecule is N=c1ccc2c(-c3ccc(C(=O)NCCCC[C@H](NC(=O)[C@@H]4C[C@@H](NC(=O)c5cn[nH]n5)CN4C(=O)c4cnoc4C4CC4)C(=O)O)cc3C(=O)O)c3ccc(N)c(S(=O)(=O)O)c3oc-2c1S(=O)(=O)O. The number of aromatic amines is 1. The lowest BCUT2D eigenvalue weighted by atomic mass is 9.89. The zero-order chi connectivity index (χ0) is 50.4. The van der Waals surface area contributed by atoms with Crippen LogP contribution >= 0.6 is 0 Å². The molecule has 2 aliphatic heterocycles. The van der Waals surface area contributed by atoms with E-state index in [1.807, 2.05) is 0 Å². The number of aromatic nitrogens is 4. The topological polar surface area (TPSA) is 422 Å². The number of anilines is 1. The average Bonchev–Trinajstić information content (AvgIpc) is 3.61. The normalized spacial score (nSPS) is 16.5. The van der Waals surface area contributed by atoms with Crippen molar-refractivity contribution >= 4 is 72.5 Å². The molecule has 2 aromatic heterocycles. The van der Waals surface area contributed by atoms with E-state index in [0.29, 0.717) is 5.76 Å². The van der Waals surface area contributed by atoms with Crippen molar-refractivity contribution < 1.29 is 73.9 Å². The van der Waals surface area contributed by atoms with Crippen LogP contribution in [0.5, 0.6) is 0 Å². The van der Waals surface area contributed by atoms with Crippen molar-refractivity contribution in [3.8, 4) is 22.5 Å². The van der Waals surface area contributed by atoms with Gasteiger partial charge in [0, 0.05) is 47.1 Å². The number of likely N-dealkylation sites (tertiary alicyclic amines) is 1. The van der Waals surface area contributed by atoms with Gasteiger partial charge < -0.3 is 45.7 Å². The number of nitrogens with two attached hydrogens (primary N) is 1. The minimum atomic E-state index is -5.26. The molecule has 1 saturated heterocycles. The highest BCUT2D eigenvalue weighted by atomic mass is 32.2. The molecule has 3 atom stereocenters. The fraction of sp³-hybridized carbons (Fsp3) is 0.286. The molecule has 11 N–H and O–H groups in total. The largest absolute Gasteiger partial charge is 0.480 e. The third-order valence-corrected chi connectivity index (χ3v) is 13.6. The number of hydrogen-bond acceptors (Lipinski definition) is 17. The Bertz CT molecular complexity index is 3390. The van der Waals surface area contributed by atoms with E-state index in [9.17, 15) is 64.9 Å². The van der Waals surface area contributed by atoms with Crippen molar-refractivity contribution in [3.63, 3.8) is 0 Å². The molecule has 0 spiro atoms. The van der Waals surface area contributed by atoms with Crippen LogP contribution in [0.2, 0.25) is 0 Å². The molecular weight excluding hydrogens is 965 g/mol. The van der Waals surface area contributed by atoms with Gasteiger partial charge >= 0.3 is 11.9 Å². The lowest BCUT2D eigenvalue weighted by molar-refractivity contribution is -0.142. The Morgan fingerprint density at radius 1 is 0.914 bits per heavy atom. The molecule has 4 aliphatic rings. The number of fused-ring (bicyclic) bond motifs is 2. The average molecular weight is 1000 g/mol. The number of amides is 4. The van der Waals surface area contributed by atoms with Gasteiger partial charge in [-0.25, -0.2) is 9.59 Å². The summed E-state index contributed by atoms with van der Waals surface area (Å²) in [7, 11) is -10.5. The summed E-state index contributed by atoms with van der Waals surface area (Å²) in [5.74, 6) is -6.21. The van der Waals surface area contributed by atoms with Gasteiger partial charge in [0.15, 0.2) is 32.6 Å². The number of carbonyl (C=O) groups is 6. The second kappa shape index (κ2) is 18.8. The number of benzene rings is 3. The van der Waals surface area contributed by atoms with Gasteiger partial charge in [0.05, 0.1) is 29.0 Å². The highest BCUT2D eigenvalue weighted by molar-refractivity contribution is 7.86. The van der Waals surface area contributed by atoms with Crippen LogP contribution in [0, 0.1) is 5.41 Å². The molecule has 2 aliphatic carbocycles. The first kappa shape index (κ1) is 48.4. The van der Waals surface area contributed by atoms with E-state index in [4.69, 9.17) is 20.1 Å². The molecule has 4 aromatic rings. The molecule has 0 unspecified atom stereocenters. The second-order valence-corrected chi connectivity index (χ2v) is 19.2. The molecule has 26 nitrogen and oxygen atoms in total. The standard InChI is InChI=1S/C42H40N10O16S2/c43-26-10-8-22-31(23-9-11-27(44)36(70(64,65)66)34(23)67-33(22)35(26)69(61,62)63)21-7-6-19(13-24(21)41(57)58)37(53)45-12-2-1-3-28(42(59)60)49-39(55)30-14-20(48-38(54)29-16-46-51-50-29)17-52(30)40(56)25-15-47-68-32(25)18-4-5-18/h6-11,13,15-16,18,20,28,30,43H,1-5,12,14,17,44H2,(H,45,53)(H,48,54)(H,49,55)(H,57,58)(H,59,60)(H,46,50,51)(H,61,62,63)(H,64,65,66)/t20-,28+,30+/m1/s1. The van der Waals surface area contributed by atoms with Crippen molar-refractivity contribution in [1.29, 1.82) is 5.41 Å². The molecule has 0 radical (unpaired) electrons. The Labute approximate surface area is 393 Å². The predicted octanol–water partition coefficient (Wildman–Crippen LogP) is 1.62. The maximum atomic E-state index is 13.8. The number of aliphatic carboxylic acids is 1. The zero-order valence-electron chi connectivity index (χ0n) is 36.0. The molecule has 28 heteroatoms. The van der Waals surface area contributed by atoms with E-state index in [2.05, 4.69) is 36.5 Å². The van der Waals surface area contributed by atoms with Crippen LogP contribution in [0.1, 0.15) is 91.8 Å². The molecule has 2 fully saturated rings. The molecule has 70 heavy (non-hydrogen) atoms. The summed E-state index contributed by atoms with van der Waals surface area (Å²) in [5.41, 5.74) is 3.29. The Hall–Kier alpha value is -8.08. The predicted molar refractivity (Wildman–Crippen MR) is 236 cm³/mol. The number of H-pyrrole nitrogens is 1. The van der Waals surface area contributed by atoms with E-state index >= 15 is 0 Å². The minimum absolute atomic E-state index is 0.00959. The van der Waals surface area contributed by atoms with Crippen molar-refractivity contribution in [3.05, 3.63) is 88.4 Å². The summed E-state index contributed by atoms with van der Waals surface area (Å²) in [4.78, 5) is 78.1. The monoisotopic (exact) mass is 1000 g/mol. The lowest BCUT2D eigenvalue weighted by Crippen LogP contribution is -2.51. The van der Waals surface area contributed by atoms with Crippen molar-refractivity contribution in [1.82, 2.24) is 41.4 Å². The van der Waals surface area contributed by atoms with Crippen LogP contribution in [-0.4, -0.2) is 128 Å². The van der Waals surface area contributed by atoms with Gasteiger partial charge in [-0.15, -0.1) is 0 Å². The van der Waals surface area contributed by atoms with Crippen molar-refractivity contribution in [2.45, 2.75) is 72.4 Å². The van der Waals surface area contributed by atoms with Gasteiger partial charge in [0.1, 0.15) is 17.6 Å². The first-order valence-electron chi connectivity index (χ1n) is 21.1. The summed E-state index contributed by atoms with van der Waals surface area (Å²) in [6.45, 7) is -0.175. The summed E-state index contributed by atoms with van der Waals surface area (Å²) < 4.78 is 81.2.